The van der Waals surface area contributed by atoms with E-state index in [1.54, 1.807) is 12.1 Å². The molecule has 3 aromatic carbocycles. The van der Waals surface area contributed by atoms with Crippen LogP contribution < -0.4 is 15.4 Å². The topological polar surface area (TPSA) is 50.4 Å². The molecule has 8 heteroatoms. The summed E-state index contributed by atoms with van der Waals surface area (Å²) >= 11 is 19.1. The van der Waals surface area contributed by atoms with Crippen molar-refractivity contribution in [3.8, 4) is 5.75 Å². The smallest absolute Gasteiger partial charge is 0.262 e. The zero-order valence-corrected chi connectivity index (χ0v) is 20.6. The van der Waals surface area contributed by atoms with E-state index in [0.29, 0.717) is 28.0 Å². The predicted octanol–water partition coefficient (Wildman–Crippen LogP) is 7.46. The second-order valence-electron chi connectivity index (χ2n) is 6.54. The number of carbonyl (C=O) groups excluding carboxylic acids is 1. The zero-order valence-electron chi connectivity index (χ0n) is 15.9. The molecule has 0 unspecified atom stereocenters. The molecule has 0 saturated heterocycles. The summed E-state index contributed by atoms with van der Waals surface area (Å²) in [6.45, 7) is 2.29. The Balaban J connectivity index is 1.63. The summed E-state index contributed by atoms with van der Waals surface area (Å²) in [6, 6.07) is 16.7. The third-order valence-electron chi connectivity index (χ3n) is 4.24. The summed E-state index contributed by atoms with van der Waals surface area (Å²) in [5, 5.41) is 7.33. The normalized spacial score (nSPS) is 10.6. The maximum atomic E-state index is 12.3. The summed E-state index contributed by atoms with van der Waals surface area (Å²) in [4.78, 5) is 12.3. The van der Waals surface area contributed by atoms with Gasteiger partial charge in [0.1, 0.15) is 5.75 Å². The van der Waals surface area contributed by atoms with E-state index in [-0.39, 0.29) is 12.5 Å². The summed E-state index contributed by atoms with van der Waals surface area (Å²) in [5.41, 5.74) is 3.35. The lowest BCUT2D eigenvalue weighted by Gasteiger charge is -2.14. The average Bonchev–Trinajstić information content (AvgIpc) is 2.71. The number of benzene rings is 3. The number of nitrogens with one attached hydrogen (secondary N) is 2. The molecule has 0 radical (unpaired) electrons. The first-order valence-electron chi connectivity index (χ1n) is 8.98. The van der Waals surface area contributed by atoms with Crippen LogP contribution in [0.2, 0.25) is 10.0 Å². The van der Waals surface area contributed by atoms with Crippen LogP contribution in [-0.2, 0) is 11.3 Å². The first kappa shape index (κ1) is 22.9. The molecule has 0 aliphatic rings. The molecular formula is C22H18Br2Cl2N2O2. The SMILES string of the molecule is Cc1ccc(NC(=O)COc2ccc(Br)cc2CNc2ccc(Br)c(Cl)c2)cc1Cl. The van der Waals surface area contributed by atoms with E-state index >= 15 is 0 Å². The van der Waals surface area contributed by atoms with E-state index in [9.17, 15) is 4.79 Å². The highest BCUT2D eigenvalue weighted by molar-refractivity contribution is 9.10. The van der Waals surface area contributed by atoms with Crippen molar-refractivity contribution in [2.45, 2.75) is 13.5 Å². The standard InChI is InChI=1S/C22H18Br2Cl2N2O2/c1-13-2-4-17(10-19(13)25)28-22(29)12-30-21-7-3-15(23)8-14(21)11-27-16-5-6-18(24)20(26)9-16/h2-10,27H,11-12H2,1H3,(H,28,29). The average molecular weight is 573 g/mol. The minimum absolute atomic E-state index is 0.121. The third-order valence-corrected chi connectivity index (χ3v) is 6.37. The van der Waals surface area contributed by atoms with Gasteiger partial charge in [0.25, 0.3) is 5.91 Å². The second-order valence-corrected chi connectivity index (χ2v) is 9.12. The number of rotatable bonds is 7. The van der Waals surface area contributed by atoms with Crippen LogP contribution >= 0.6 is 55.1 Å². The number of carbonyl (C=O) groups is 1. The number of anilines is 2. The van der Waals surface area contributed by atoms with Gasteiger partial charge in [-0.05, 0) is 76.9 Å². The van der Waals surface area contributed by atoms with Gasteiger partial charge in [-0.25, -0.2) is 0 Å². The van der Waals surface area contributed by atoms with Crippen molar-refractivity contribution in [2.75, 3.05) is 17.2 Å². The lowest BCUT2D eigenvalue weighted by Crippen LogP contribution is -2.20. The highest BCUT2D eigenvalue weighted by atomic mass is 79.9. The Kier molecular flexibility index (Phi) is 8.06. The molecule has 0 fully saturated rings. The first-order valence-corrected chi connectivity index (χ1v) is 11.3. The Hall–Kier alpha value is -1.73. The quantitative estimate of drug-likeness (QED) is 0.309. The van der Waals surface area contributed by atoms with Crippen molar-refractivity contribution in [3.63, 3.8) is 0 Å². The van der Waals surface area contributed by atoms with Gasteiger partial charge >= 0.3 is 0 Å². The molecule has 0 saturated carbocycles. The molecule has 0 aliphatic heterocycles. The van der Waals surface area contributed by atoms with E-state index in [1.165, 1.54) is 0 Å². The minimum Gasteiger partial charge on any atom is -0.483 e. The van der Waals surface area contributed by atoms with Crippen molar-refractivity contribution in [3.05, 3.63) is 84.7 Å². The molecule has 0 atom stereocenters. The van der Waals surface area contributed by atoms with Crippen LogP contribution in [0.25, 0.3) is 0 Å². The Morgan fingerprint density at radius 3 is 2.43 bits per heavy atom. The number of ether oxygens (including phenoxy) is 1. The molecule has 1 amide bonds. The Morgan fingerprint density at radius 1 is 0.967 bits per heavy atom. The fraction of sp³-hybridized carbons (Fsp3) is 0.136. The maximum Gasteiger partial charge on any atom is 0.262 e. The van der Waals surface area contributed by atoms with Crippen LogP contribution in [0.1, 0.15) is 11.1 Å². The van der Waals surface area contributed by atoms with Gasteiger partial charge in [-0.15, -0.1) is 0 Å². The summed E-state index contributed by atoms with van der Waals surface area (Å²) in [7, 11) is 0. The molecule has 30 heavy (non-hydrogen) atoms. The molecule has 4 nitrogen and oxygen atoms in total. The van der Waals surface area contributed by atoms with Gasteiger partial charge in [0.05, 0.1) is 5.02 Å². The van der Waals surface area contributed by atoms with Gasteiger partial charge in [0.2, 0.25) is 0 Å². The van der Waals surface area contributed by atoms with Gasteiger partial charge < -0.3 is 15.4 Å². The summed E-state index contributed by atoms with van der Waals surface area (Å²) in [5.74, 6) is 0.349. The van der Waals surface area contributed by atoms with E-state index in [4.69, 9.17) is 27.9 Å². The monoisotopic (exact) mass is 570 g/mol. The first-order chi connectivity index (χ1) is 14.3. The van der Waals surface area contributed by atoms with Gasteiger partial charge in [-0.3, -0.25) is 4.79 Å². The molecule has 2 N–H and O–H groups in total. The van der Waals surface area contributed by atoms with Crippen LogP contribution in [0, 0.1) is 6.92 Å². The minimum atomic E-state index is -0.267. The van der Waals surface area contributed by atoms with Crippen molar-refractivity contribution in [1.29, 1.82) is 0 Å². The van der Waals surface area contributed by atoms with Gasteiger partial charge in [0.15, 0.2) is 6.61 Å². The third kappa shape index (κ3) is 6.38. The van der Waals surface area contributed by atoms with E-state index < -0.39 is 0 Å². The number of hydrogen-bond acceptors (Lipinski definition) is 3. The highest BCUT2D eigenvalue weighted by Crippen LogP contribution is 2.28. The zero-order chi connectivity index (χ0) is 21.7. The molecule has 0 heterocycles. The maximum absolute atomic E-state index is 12.3. The highest BCUT2D eigenvalue weighted by Gasteiger charge is 2.10. The lowest BCUT2D eigenvalue weighted by atomic mass is 10.2. The fourth-order valence-electron chi connectivity index (χ4n) is 2.64. The number of halogens is 4. The van der Waals surface area contributed by atoms with Crippen molar-refractivity contribution >= 4 is 72.3 Å². The second kappa shape index (κ2) is 10.5. The van der Waals surface area contributed by atoms with E-state index in [2.05, 4.69) is 42.5 Å². The molecule has 0 aliphatic carbocycles. The number of hydrogen-bond donors (Lipinski definition) is 2. The molecule has 0 spiro atoms. The summed E-state index contributed by atoms with van der Waals surface area (Å²) < 4.78 is 7.52. The Bertz CT molecular complexity index is 1080. The number of amides is 1. The molecule has 3 rings (SSSR count). The van der Waals surface area contributed by atoms with Crippen LogP contribution in [0.5, 0.6) is 5.75 Å². The van der Waals surface area contributed by atoms with Gasteiger partial charge in [0, 0.05) is 37.5 Å². The Labute approximate surface area is 202 Å². The largest absolute Gasteiger partial charge is 0.483 e. The molecule has 3 aromatic rings. The van der Waals surface area contributed by atoms with Gasteiger partial charge in [-0.1, -0.05) is 45.2 Å². The van der Waals surface area contributed by atoms with Crippen LogP contribution in [0.4, 0.5) is 11.4 Å². The summed E-state index contributed by atoms with van der Waals surface area (Å²) in [6.07, 6.45) is 0. The predicted molar refractivity (Wildman–Crippen MR) is 131 cm³/mol. The molecule has 0 aromatic heterocycles. The van der Waals surface area contributed by atoms with Crippen LogP contribution in [0.15, 0.2) is 63.5 Å². The van der Waals surface area contributed by atoms with Crippen molar-refractivity contribution in [2.24, 2.45) is 0 Å². The number of aryl methyl sites for hydroxylation is 1. The molecule has 156 valence electrons. The fourth-order valence-corrected chi connectivity index (χ4v) is 3.66. The van der Waals surface area contributed by atoms with Crippen molar-refractivity contribution in [1.82, 2.24) is 0 Å². The molecular weight excluding hydrogens is 555 g/mol. The Morgan fingerprint density at radius 2 is 1.70 bits per heavy atom. The van der Waals surface area contributed by atoms with Crippen LogP contribution in [0.3, 0.4) is 0 Å². The molecule has 0 bridgehead atoms. The van der Waals surface area contributed by atoms with Crippen LogP contribution in [-0.4, -0.2) is 12.5 Å². The van der Waals surface area contributed by atoms with Gasteiger partial charge in [-0.2, -0.15) is 0 Å². The van der Waals surface area contributed by atoms with E-state index in [0.717, 1.165) is 25.8 Å². The lowest BCUT2D eigenvalue weighted by molar-refractivity contribution is -0.118. The van der Waals surface area contributed by atoms with Crippen molar-refractivity contribution < 1.29 is 9.53 Å². The van der Waals surface area contributed by atoms with E-state index in [1.807, 2.05) is 49.4 Å².